The smallest absolute Gasteiger partial charge is 0.269 e. The van der Waals surface area contributed by atoms with Gasteiger partial charge in [-0.2, -0.15) is 0 Å². The Morgan fingerprint density at radius 1 is 0.758 bits per heavy atom. The summed E-state index contributed by atoms with van der Waals surface area (Å²) in [5.74, 6) is -0.552. The molecule has 0 spiro atoms. The highest BCUT2D eigenvalue weighted by Gasteiger charge is 2.34. The number of non-ortho nitro benzene ring substituents is 1. The zero-order valence-electron chi connectivity index (χ0n) is 17.6. The van der Waals surface area contributed by atoms with Crippen molar-refractivity contribution < 1.29 is 9.72 Å². The Balaban J connectivity index is 1.68. The molecule has 0 aliphatic heterocycles. The Morgan fingerprint density at radius 3 is 2.00 bits per heavy atom. The molecule has 4 aromatic carbocycles. The van der Waals surface area contributed by atoms with Crippen molar-refractivity contribution in [3.8, 4) is 0 Å². The minimum Gasteiger partial charge on any atom is -0.293 e. The molecule has 0 N–H and O–H groups in total. The fourth-order valence-electron chi connectivity index (χ4n) is 4.82. The summed E-state index contributed by atoms with van der Waals surface area (Å²) in [6.45, 7) is 0. The van der Waals surface area contributed by atoms with Gasteiger partial charge in [-0.3, -0.25) is 14.9 Å². The summed E-state index contributed by atoms with van der Waals surface area (Å²) in [7, 11) is 0. The first-order valence-electron chi connectivity index (χ1n) is 10.7. The zero-order chi connectivity index (χ0) is 22.9. The summed E-state index contributed by atoms with van der Waals surface area (Å²) < 4.78 is 0. The van der Waals surface area contributed by atoms with E-state index in [4.69, 9.17) is 11.6 Å². The third kappa shape index (κ3) is 3.83. The molecule has 0 radical (unpaired) electrons. The number of halogens is 1. The number of ketones is 1. The van der Waals surface area contributed by atoms with Crippen LogP contribution in [-0.4, -0.2) is 10.7 Å². The van der Waals surface area contributed by atoms with Crippen LogP contribution in [0.5, 0.6) is 0 Å². The zero-order valence-corrected chi connectivity index (χ0v) is 18.4. The number of nitro groups is 1. The summed E-state index contributed by atoms with van der Waals surface area (Å²) in [4.78, 5) is 24.3. The largest absolute Gasteiger partial charge is 0.293 e. The van der Waals surface area contributed by atoms with Crippen LogP contribution in [0.3, 0.4) is 0 Å². The highest BCUT2D eigenvalue weighted by Crippen LogP contribution is 2.45. The fourth-order valence-corrected chi connectivity index (χ4v) is 5.06. The van der Waals surface area contributed by atoms with Gasteiger partial charge in [0.05, 0.1) is 10.8 Å². The number of carbonyl (C=O) groups is 1. The molecule has 1 aliphatic rings. The molecule has 0 heterocycles. The second-order valence-electron chi connectivity index (χ2n) is 8.21. The fraction of sp³-hybridized carbons (Fsp3) is 0.107. The molecule has 33 heavy (non-hydrogen) atoms. The van der Waals surface area contributed by atoms with Crippen LogP contribution in [0.15, 0.2) is 97.1 Å². The van der Waals surface area contributed by atoms with Gasteiger partial charge in [-0.1, -0.05) is 78.3 Å². The molecule has 5 rings (SSSR count). The Morgan fingerprint density at radius 2 is 1.33 bits per heavy atom. The molecular weight excluding hydrogens is 434 g/mol. The van der Waals surface area contributed by atoms with E-state index < -0.39 is 10.8 Å². The van der Waals surface area contributed by atoms with Crippen molar-refractivity contribution in [1.82, 2.24) is 0 Å². The normalized spacial score (nSPS) is 16.9. The predicted octanol–water partition coefficient (Wildman–Crippen LogP) is 6.95. The molecule has 4 nitrogen and oxygen atoms in total. The van der Waals surface area contributed by atoms with E-state index in [0.717, 1.165) is 27.8 Å². The van der Waals surface area contributed by atoms with Crippen molar-refractivity contribution in [2.45, 2.75) is 18.3 Å². The topological polar surface area (TPSA) is 60.2 Å². The van der Waals surface area contributed by atoms with E-state index in [1.54, 1.807) is 12.1 Å². The van der Waals surface area contributed by atoms with E-state index in [0.29, 0.717) is 17.0 Å². The van der Waals surface area contributed by atoms with E-state index in [9.17, 15) is 14.9 Å². The lowest BCUT2D eigenvalue weighted by Gasteiger charge is -2.22. The van der Waals surface area contributed by atoms with E-state index in [1.807, 2.05) is 54.6 Å². The maximum atomic E-state index is 13.7. The molecule has 0 saturated heterocycles. The first-order valence-corrected chi connectivity index (χ1v) is 11.1. The van der Waals surface area contributed by atoms with E-state index in [1.165, 1.54) is 12.1 Å². The van der Waals surface area contributed by atoms with Gasteiger partial charge in [0.15, 0.2) is 5.78 Å². The van der Waals surface area contributed by atoms with Crippen LogP contribution in [0.1, 0.15) is 50.0 Å². The molecule has 0 fully saturated rings. The number of hydrogen-bond acceptors (Lipinski definition) is 3. The maximum Gasteiger partial charge on any atom is 0.269 e. The molecule has 162 valence electrons. The Kier molecular flexibility index (Phi) is 5.53. The lowest BCUT2D eigenvalue weighted by atomic mass is 9.81. The third-order valence-corrected chi connectivity index (χ3v) is 6.71. The molecular formula is C28H20ClNO3. The number of benzene rings is 4. The molecule has 0 bridgehead atoms. The van der Waals surface area contributed by atoms with Crippen LogP contribution in [0.2, 0.25) is 5.02 Å². The second-order valence-corrected chi connectivity index (χ2v) is 8.61. The Labute approximate surface area is 196 Å². The first-order chi connectivity index (χ1) is 16.0. The number of fused-ring (bicyclic) bond motifs is 2. The Bertz CT molecular complexity index is 1360. The van der Waals surface area contributed by atoms with Crippen molar-refractivity contribution in [2.24, 2.45) is 0 Å². The highest BCUT2D eigenvalue weighted by molar-refractivity contribution is 6.31. The average Bonchev–Trinajstić information content (AvgIpc) is 2.99. The number of nitrogens with zero attached hydrogens (tertiary/aromatic N) is 1. The van der Waals surface area contributed by atoms with Gasteiger partial charge in [-0.25, -0.2) is 0 Å². The molecule has 4 aromatic rings. The van der Waals surface area contributed by atoms with Crippen LogP contribution in [0.25, 0.3) is 0 Å². The lowest BCUT2D eigenvalue weighted by molar-refractivity contribution is -0.384. The van der Waals surface area contributed by atoms with Gasteiger partial charge in [-0.15, -0.1) is 0 Å². The summed E-state index contributed by atoms with van der Waals surface area (Å²) in [5.41, 5.74) is 5.68. The summed E-state index contributed by atoms with van der Waals surface area (Å²) in [6.07, 6.45) is 0.546. The van der Waals surface area contributed by atoms with Crippen molar-refractivity contribution >= 4 is 23.1 Å². The Hall–Kier alpha value is -3.76. The number of hydrogen-bond donors (Lipinski definition) is 0. The molecule has 1 aliphatic carbocycles. The standard InChI is InChI=1S/C28H20ClNO3/c29-26-12-6-5-11-24(26)27-21-8-2-1-7-19(21)17-25(22-9-3-4-10-23(22)27)28(31)18-13-15-20(16-14-18)30(32)33/h1-16,25,27H,17H2. The SMILES string of the molecule is O=C(c1ccc([N+](=O)[O-])cc1)C1Cc2ccccc2C(c2ccccc2Cl)c2ccccc21. The molecule has 2 unspecified atom stereocenters. The minimum absolute atomic E-state index is 0.0306. The molecule has 0 aromatic heterocycles. The van der Waals surface area contributed by atoms with Gasteiger partial charge in [0.25, 0.3) is 5.69 Å². The highest BCUT2D eigenvalue weighted by atomic mass is 35.5. The maximum absolute atomic E-state index is 13.7. The monoisotopic (exact) mass is 453 g/mol. The summed E-state index contributed by atoms with van der Waals surface area (Å²) in [5, 5.41) is 11.7. The van der Waals surface area contributed by atoms with E-state index >= 15 is 0 Å². The van der Waals surface area contributed by atoms with Gasteiger partial charge >= 0.3 is 0 Å². The van der Waals surface area contributed by atoms with Gasteiger partial charge in [0, 0.05) is 28.6 Å². The predicted molar refractivity (Wildman–Crippen MR) is 129 cm³/mol. The first kappa shape index (κ1) is 21.1. The number of Topliss-reactive ketones (excluding diaryl/α,β-unsaturated/α-hetero) is 1. The van der Waals surface area contributed by atoms with Gasteiger partial charge in [0.2, 0.25) is 0 Å². The number of rotatable bonds is 4. The van der Waals surface area contributed by atoms with Gasteiger partial charge in [-0.05, 0) is 52.4 Å². The van der Waals surface area contributed by atoms with Crippen LogP contribution in [0.4, 0.5) is 5.69 Å². The van der Waals surface area contributed by atoms with Crippen LogP contribution >= 0.6 is 11.6 Å². The number of carbonyl (C=O) groups excluding carboxylic acids is 1. The van der Waals surface area contributed by atoms with Crippen LogP contribution in [0, 0.1) is 10.1 Å². The quantitative estimate of drug-likeness (QED) is 0.191. The van der Waals surface area contributed by atoms with Crippen molar-refractivity contribution in [3.63, 3.8) is 0 Å². The summed E-state index contributed by atoms with van der Waals surface area (Å²) >= 11 is 6.66. The van der Waals surface area contributed by atoms with Crippen LogP contribution in [-0.2, 0) is 6.42 Å². The van der Waals surface area contributed by atoms with Gasteiger partial charge in [0.1, 0.15) is 0 Å². The van der Waals surface area contributed by atoms with Gasteiger partial charge < -0.3 is 0 Å². The molecule has 5 heteroatoms. The average molecular weight is 454 g/mol. The minimum atomic E-state index is -0.459. The van der Waals surface area contributed by atoms with Crippen LogP contribution < -0.4 is 0 Å². The van der Waals surface area contributed by atoms with E-state index in [2.05, 4.69) is 18.2 Å². The van der Waals surface area contributed by atoms with Crippen molar-refractivity contribution in [1.29, 1.82) is 0 Å². The third-order valence-electron chi connectivity index (χ3n) is 6.37. The van der Waals surface area contributed by atoms with Crippen molar-refractivity contribution in [2.75, 3.05) is 0 Å². The molecule has 0 amide bonds. The van der Waals surface area contributed by atoms with Crippen molar-refractivity contribution in [3.05, 3.63) is 146 Å². The molecule has 2 atom stereocenters. The molecule has 0 saturated carbocycles. The second kappa shape index (κ2) is 8.64. The number of nitro benzene ring substituents is 1. The van der Waals surface area contributed by atoms with E-state index in [-0.39, 0.29) is 17.4 Å². The lowest BCUT2D eigenvalue weighted by Crippen LogP contribution is -2.16. The summed E-state index contributed by atoms with van der Waals surface area (Å²) in [6, 6.07) is 29.9.